The summed E-state index contributed by atoms with van der Waals surface area (Å²) in [4.78, 5) is 45.6. The Balaban J connectivity index is 1.49. The van der Waals surface area contributed by atoms with E-state index in [1.807, 2.05) is 67.6 Å². The minimum atomic E-state index is -1.68. The number of halogens is 1. The molecule has 2 aliphatic rings. The summed E-state index contributed by atoms with van der Waals surface area (Å²) in [5, 5.41) is 14.9. The maximum atomic E-state index is 14.1. The first-order valence-electron chi connectivity index (χ1n) is 12.6. The van der Waals surface area contributed by atoms with E-state index in [-0.39, 0.29) is 12.3 Å². The van der Waals surface area contributed by atoms with Gasteiger partial charge < -0.3 is 10.1 Å². The second kappa shape index (κ2) is 9.22. The van der Waals surface area contributed by atoms with Gasteiger partial charge in [-0.05, 0) is 53.4 Å². The molecule has 0 bridgehead atoms. The number of nitrogens with zero attached hydrogens (tertiary/aromatic N) is 1. The van der Waals surface area contributed by atoms with Gasteiger partial charge in [0.25, 0.3) is 0 Å². The van der Waals surface area contributed by atoms with E-state index in [0.717, 1.165) is 38.5 Å². The normalized spacial score (nSPS) is 24.8. The molecule has 3 aromatic carbocycles. The van der Waals surface area contributed by atoms with Crippen LogP contribution in [0.4, 0.5) is 5.69 Å². The standard InChI is InChI=1S/C30H26BrN3O4/c1-2-17-7-13-21(14-8-17)34-27(35)24-25(28(34)36)30(29(37)38,33-26(24)18-9-11-20(31)12-10-18)15-19-16-32-23-6-4-3-5-22(19)23/h3-14,16,24-26,32-33H,2,15H2,1H3,(H,37,38). The van der Waals surface area contributed by atoms with Gasteiger partial charge in [-0.2, -0.15) is 0 Å². The molecule has 0 radical (unpaired) electrons. The minimum Gasteiger partial charge on any atom is -0.480 e. The summed E-state index contributed by atoms with van der Waals surface area (Å²) >= 11 is 3.44. The zero-order valence-electron chi connectivity index (χ0n) is 20.6. The van der Waals surface area contributed by atoms with Crippen molar-refractivity contribution in [1.82, 2.24) is 10.3 Å². The Morgan fingerprint density at radius 1 is 1.00 bits per heavy atom. The number of aromatic amines is 1. The Morgan fingerprint density at radius 3 is 2.39 bits per heavy atom. The molecule has 4 unspecified atom stereocenters. The molecule has 2 saturated heterocycles. The fourth-order valence-electron chi connectivity index (χ4n) is 6.11. The lowest BCUT2D eigenvalue weighted by atomic mass is 9.76. The molecule has 1 aromatic heterocycles. The van der Waals surface area contributed by atoms with Gasteiger partial charge in [0, 0.05) is 34.0 Å². The summed E-state index contributed by atoms with van der Waals surface area (Å²) < 4.78 is 0.866. The van der Waals surface area contributed by atoms with Crippen LogP contribution >= 0.6 is 15.9 Å². The molecule has 3 heterocycles. The number of benzene rings is 3. The number of carboxylic acid groups (broad SMARTS) is 1. The molecule has 6 rings (SSSR count). The second-order valence-electron chi connectivity index (χ2n) is 10.0. The van der Waals surface area contributed by atoms with Gasteiger partial charge >= 0.3 is 5.97 Å². The molecule has 4 aromatic rings. The van der Waals surface area contributed by atoms with E-state index in [1.54, 1.807) is 18.3 Å². The third-order valence-electron chi connectivity index (χ3n) is 8.01. The summed E-state index contributed by atoms with van der Waals surface area (Å²) in [6, 6.07) is 21.8. The van der Waals surface area contributed by atoms with Crippen LogP contribution in [0.5, 0.6) is 0 Å². The van der Waals surface area contributed by atoms with Gasteiger partial charge in [-0.3, -0.25) is 19.7 Å². The lowest BCUT2D eigenvalue weighted by molar-refractivity contribution is -0.148. The van der Waals surface area contributed by atoms with Crippen molar-refractivity contribution in [3.8, 4) is 0 Å². The number of carbonyl (C=O) groups is 3. The number of rotatable bonds is 6. The predicted molar refractivity (Wildman–Crippen MR) is 148 cm³/mol. The first-order chi connectivity index (χ1) is 18.3. The average molecular weight is 572 g/mol. The maximum absolute atomic E-state index is 14.1. The summed E-state index contributed by atoms with van der Waals surface area (Å²) in [7, 11) is 0. The van der Waals surface area contributed by atoms with Crippen molar-refractivity contribution in [2.75, 3.05) is 4.90 Å². The topological polar surface area (TPSA) is 102 Å². The third-order valence-corrected chi connectivity index (χ3v) is 8.54. The number of amides is 2. The van der Waals surface area contributed by atoms with Crippen molar-refractivity contribution in [3.05, 3.63) is 100 Å². The number of carbonyl (C=O) groups excluding carboxylic acids is 2. The highest BCUT2D eigenvalue weighted by molar-refractivity contribution is 9.10. The van der Waals surface area contributed by atoms with Gasteiger partial charge in [0.1, 0.15) is 5.54 Å². The number of anilines is 1. The number of aromatic nitrogens is 1. The summed E-state index contributed by atoms with van der Waals surface area (Å²) in [5.41, 5.74) is 2.28. The SMILES string of the molecule is CCc1ccc(N2C(=O)C3C(c4ccc(Br)cc4)NC(Cc4c[nH]c5ccccc45)(C(=O)O)C3C2=O)cc1. The number of hydrogen-bond acceptors (Lipinski definition) is 4. The molecule has 7 nitrogen and oxygen atoms in total. The fourth-order valence-corrected chi connectivity index (χ4v) is 6.37. The van der Waals surface area contributed by atoms with E-state index in [1.165, 1.54) is 4.90 Å². The van der Waals surface area contributed by atoms with Crippen LogP contribution in [0.3, 0.4) is 0 Å². The largest absolute Gasteiger partial charge is 0.480 e. The Hall–Kier alpha value is -3.75. The van der Waals surface area contributed by atoms with Gasteiger partial charge in [-0.1, -0.05) is 65.3 Å². The molecule has 2 aliphatic heterocycles. The second-order valence-corrected chi connectivity index (χ2v) is 10.9. The highest BCUT2D eigenvalue weighted by Gasteiger charge is 2.68. The summed E-state index contributed by atoms with van der Waals surface area (Å²) in [5.74, 6) is -3.97. The van der Waals surface area contributed by atoms with Gasteiger partial charge in [0.15, 0.2) is 0 Å². The van der Waals surface area contributed by atoms with E-state index in [0.29, 0.717) is 5.69 Å². The third kappa shape index (κ3) is 3.70. The smallest absolute Gasteiger partial charge is 0.325 e. The van der Waals surface area contributed by atoms with Crippen molar-refractivity contribution >= 4 is 50.3 Å². The molecule has 3 N–H and O–H groups in total. The number of nitrogens with one attached hydrogen (secondary N) is 2. The van der Waals surface area contributed by atoms with Crippen molar-refractivity contribution in [3.63, 3.8) is 0 Å². The molecule has 2 fully saturated rings. The Kier molecular flexibility index (Phi) is 5.96. The molecule has 2 amide bonds. The molecule has 38 heavy (non-hydrogen) atoms. The van der Waals surface area contributed by atoms with Crippen molar-refractivity contribution in [2.24, 2.45) is 11.8 Å². The van der Waals surface area contributed by atoms with Crippen LogP contribution in [0.25, 0.3) is 10.9 Å². The van der Waals surface area contributed by atoms with Crippen LogP contribution < -0.4 is 10.2 Å². The fraction of sp³-hybridized carbons (Fsp3) is 0.233. The molecule has 0 spiro atoms. The zero-order valence-corrected chi connectivity index (χ0v) is 22.2. The average Bonchev–Trinajstić information content (AvgIpc) is 3.57. The van der Waals surface area contributed by atoms with Gasteiger partial charge in [0.2, 0.25) is 11.8 Å². The van der Waals surface area contributed by atoms with E-state index >= 15 is 0 Å². The van der Waals surface area contributed by atoms with Crippen LogP contribution in [0.15, 0.2) is 83.5 Å². The molecule has 0 saturated carbocycles. The number of carboxylic acids is 1. The molecule has 0 aliphatic carbocycles. The number of aryl methyl sites for hydroxylation is 1. The highest BCUT2D eigenvalue weighted by atomic mass is 79.9. The van der Waals surface area contributed by atoms with E-state index in [2.05, 4.69) is 26.2 Å². The van der Waals surface area contributed by atoms with Gasteiger partial charge in [0.05, 0.1) is 17.5 Å². The van der Waals surface area contributed by atoms with E-state index < -0.39 is 35.3 Å². The number of para-hydroxylation sites is 1. The van der Waals surface area contributed by atoms with Crippen LogP contribution in [-0.2, 0) is 27.2 Å². The molecule has 8 heteroatoms. The van der Waals surface area contributed by atoms with Crippen LogP contribution in [0.1, 0.15) is 29.7 Å². The zero-order chi connectivity index (χ0) is 26.6. The Bertz CT molecular complexity index is 1560. The molecule has 192 valence electrons. The summed E-state index contributed by atoms with van der Waals surface area (Å²) in [6.45, 7) is 2.03. The van der Waals surface area contributed by atoms with Crippen LogP contribution in [0, 0.1) is 11.8 Å². The quantitative estimate of drug-likeness (QED) is 0.282. The van der Waals surface area contributed by atoms with Gasteiger partial charge in [-0.15, -0.1) is 0 Å². The Morgan fingerprint density at radius 2 is 1.71 bits per heavy atom. The molecular formula is C30H26BrN3O4. The van der Waals surface area contributed by atoms with Gasteiger partial charge in [-0.25, -0.2) is 4.90 Å². The van der Waals surface area contributed by atoms with Crippen molar-refractivity contribution < 1.29 is 19.5 Å². The first kappa shape index (κ1) is 24.6. The van der Waals surface area contributed by atoms with Crippen molar-refractivity contribution in [2.45, 2.75) is 31.3 Å². The van der Waals surface area contributed by atoms with Crippen molar-refractivity contribution in [1.29, 1.82) is 0 Å². The predicted octanol–water partition coefficient (Wildman–Crippen LogP) is 5.01. The highest BCUT2D eigenvalue weighted by Crippen LogP contribution is 2.51. The Labute approximate surface area is 228 Å². The van der Waals surface area contributed by atoms with E-state index in [9.17, 15) is 19.5 Å². The number of aliphatic carboxylic acids is 1. The number of H-pyrrole nitrogens is 1. The van der Waals surface area contributed by atoms with Crippen LogP contribution in [0.2, 0.25) is 0 Å². The number of fused-ring (bicyclic) bond motifs is 2. The number of hydrogen-bond donors (Lipinski definition) is 3. The monoisotopic (exact) mass is 571 g/mol. The molecular weight excluding hydrogens is 546 g/mol. The lowest BCUT2D eigenvalue weighted by Crippen LogP contribution is -2.57. The molecule has 4 atom stereocenters. The first-order valence-corrected chi connectivity index (χ1v) is 13.4. The lowest BCUT2D eigenvalue weighted by Gasteiger charge is -2.31. The number of imide groups is 1. The van der Waals surface area contributed by atoms with Crippen LogP contribution in [-0.4, -0.2) is 33.4 Å². The maximum Gasteiger partial charge on any atom is 0.325 e. The summed E-state index contributed by atoms with van der Waals surface area (Å²) in [6.07, 6.45) is 2.67. The minimum absolute atomic E-state index is 0.0438. The van der Waals surface area contributed by atoms with E-state index in [4.69, 9.17) is 0 Å².